The molecule has 2 aliphatic rings. The van der Waals surface area contributed by atoms with Crippen LogP contribution in [-0.2, 0) is 14.8 Å². The van der Waals surface area contributed by atoms with Crippen molar-refractivity contribution in [1.29, 1.82) is 0 Å². The summed E-state index contributed by atoms with van der Waals surface area (Å²) in [6, 6.07) is 1.84. The fourth-order valence-electron chi connectivity index (χ4n) is 3.48. The van der Waals surface area contributed by atoms with E-state index in [-0.39, 0.29) is 16.4 Å². The molecule has 0 unspecified atom stereocenters. The molecule has 0 bridgehead atoms. The number of halogens is 3. The van der Waals surface area contributed by atoms with Gasteiger partial charge in [0.2, 0.25) is 0 Å². The average Bonchev–Trinajstić information content (AvgIpc) is 2.80. The third-order valence-electron chi connectivity index (χ3n) is 5.48. The molecule has 1 N–H and O–H groups in total. The number of ketones is 1. The summed E-state index contributed by atoms with van der Waals surface area (Å²) in [6.45, 7) is 8.10. The molecule has 0 fully saturated rings. The van der Waals surface area contributed by atoms with Gasteiger partial charge in [0.05, 0.1) is 27.6 Å². The van der Waals surface area contributed by atoms with Crippen LogP contribution in [0.25, 0.3) is 0 Å². The van der Waals surface area contributed by atoms with Crippen molar-refractivity contribution in [3.8, 4) is 0 Å². The Hall–Kier alpha value is -3.66. The molecule has 1 aromatic carbocycles. The van der Waals surface area contributed by atoms with Gasteiger partial charge < -0.3 is 0 Å². The summed E-state index contributed by atoms with van der Waals surface area (Å²) in [7, 11) is -4.40. The average molecular weight is 504 g/mol. The van der Waals surface area contributed by atoms with E-state index < -0.39 is 38.7 Å². The molecule has 0 radical (unpaired) electrons. The van der Waals surface area contributed by atoms with Crippen LogP contribution in [0, 0.1) is 11.6 Å². The lowest BCUT2D eigenvalue weighted by atomic mass is 10.0. The molecule has 0 saturated heterocycles. The van der Waals surface area contributed by atoms with Crippen LogP contribution in [0.1, 0.15) is 39.2 Å². The minimum absolute atomic E-state index is 0.154. The van der Waals surface area contributed by atoms with E-state index in [2.05, 4.69) is 16.4 Å². The largest absolute Gasteiger partial charge is 0.295 e. The van der Waals surface area contributed by atoms with Crippen LogP contribution >= 0.6 is 0 Å². The third kappa shape index (κ3) is 5.54. The second-order valence-electron chi connectivity index (χ2n) is 7.92. The molecule has 1 heterocycles. The standard InChI is InChI=1S/C25H24F3N3O3S/c1-5-31-22(16(3)17(4)32)13-12-20(29-31)24-19(27)10-11-21(25(24)28)30-35(33,34)23-14-18(26)9-7-6-8-15(23)2/h5,7,9-14,30H,1,6,8H2,2-4H3/b9-7?,18-14+,22-16+,23-15+. The third-order valence-corrected chi connectivity index (χ3v) is 7.01. The van der Waals surface area contributed by atoms with Gasteiger partial charge in [-0.3, -0.25) is 9.52 Å². The van der Waals surface area contributed by atoms with Crippen LogP contribution < -0.4 is 4.72 Å². The molecule has 0 atom stereocenters. The van der Waals surface area contributed by atoms with Crippen LogP contribution in [-0.4, -0.2) is 24.9 Å². The highest BCUT2D eigenvalue weighted by atomic mass is 32.2. The number of allylic oxidation sites excluding steroid dienone is 8. The van der Waals surface area contributed by atoms with Crippen molar-refractivity contribution in [2.45, 2.75) is 33.6 Å². The first kappa shape index (κ1) is 26.0. The topological polar surface area (TPSA) is 78.8 Å². The summed E-state index contributed by atoms with van der Waals surface area (Å²) in [5, 5.41) is 5.35. The van der Waals surface area contributed by atoms with Gasteiger partial charge in [0, 0.05) is 11.8 Å². The fourth-order valence-corrected chi connectivity index (χ4v) is 4.86. The predicted octanol–water partition coefficient (Wildman–Crippen LogP) is 5.77. The Kier molecular flexibility index (Phi) is 7.64. The molecule has 0 spiro atoms. The maximum Gasteiger partial charge on any atom is 0.262 e. The van der Waals surface area contributed by atoms with E-state index in [0.29, 0.717) is 29.7 Å². The zero-order valence-electron chi connectivity index (χ0n) is 19.4. The van der Waals surface area contributed by atoms with Crippen LogP contribution in [0.15, 0.2) is 88.0 Å². The highest BCUT2D eigenvalue weighted by molar-refractivity contribution is 7.96. The van der Waals surface area contributed by atoms with Gasteiger partial charge in [0.25, 0.3) is 10.0 Å². The Morgan fingerprint density at radius 1 is 1.17 bits per heavy atom. The number of sulfonamides is 1. The smallest absolute Gasteiger partial charge is 0.262 e. The van der Waals surface area contributed by atoms with Crippen molar-refractivity contribution in [3.05, 3.63) is 100 Å². The Labute approximate surface area is 202 Å². The van der Waals surface area contributed by atoms with Crippen molar-refractivity contribution in [2.24, 2.45) is 5.10 Å². The van der Waals surface area contributed by atoms with Crippen molar-refractivity contribution < 1.29 is 26.4 Å². The van der Waals surface area contributed by atoms with Crippen LogP contribution in [0.2, 0.25) is 0 Å². The molecule has 1 aromatic rings. The molecule has 0 aromatic heterocycles. The van der Waals surface area contributed by atoms with Gasteiger partial charge in [-0.15, -0.1) is 0 Å². The van der Waals surface area contributed by atoms with Gasteiger partial charge in [0.15, 0.2) is 11.6 Å². The van der Waals surface area contributed by atoms with Crippen molar-refractivity contribution >= 4 is 27.2 Å². The summed E-state index contributed by atoms with van der Waals surface area (Å²) in [5.74, 6) is -3.17. The van der Waals surface area contributed by atoms with E-state index in [1.807, 2.05) is 0 Å². The Balaban J connectivity index is 2.06. The minimum Gasteiger partial charge on any atom is -0.295 e. The van der Waals surface area contributed by atoms with E-state index in [1.54, 1.807) is 19.9 Å². The van der Waals surface area contributed by atoms with Crippen molar-refractivity contribution in [1.82, 2.24) is 5.01 Å². The van der Waals surface area contributed by atoms with Gasteiger partial charge in [0.1, 0.15) is 11.6 Å². The van der Waals surface area contributed by atoms with E-state index in [0.717, 1.165) is 24.3 Å². The van der Waals surface area contributed by atoms with E-state index in [4.69, 9.17) is 0 Å². The molecule has 0 saturated carbocycles. The lowest BCUT2D eigenvalue weighted by Gasteiger charge is -2.23. The summed E-state index contributed by atoms with van der Waals surface area (Å²) < 4.78 is 72.3. The lowest BCUT2D eigenvalue weighted by Crippen LogP contribution is -2.21. The zero-order chi connectivity index (χ0) is 25.9. The maximum absolute atomic E-state index is 15.4. The molecule has 3 rings (SSSR count). The molecule has 10 heteroatoms. The number of hydrogen-bond donors (Lipinski definition) is 1. The number of carbonyl (C=O) groups is 1. The first-order valence-corrected chi connectivity index (χ1v) is 12.1. The normalized spacial score (nSPS) is 21.5. The molecular weight excluding hydrogens is 479 g/mol. The molecule has 184 valence electrons. The number of anilines is 1. The summed E-state index contributed by atoms with van der Waals surface area (Å²) in [5.41, 5.74) is -0.135. The maximum atomic E-state index is 15.4. The van der Waals surface area contributed by atoms with Gasteiger partial charge in [-0.05, 0) is 70.0 Å². The molecule has 0 amide bonds. The number of hydrazone groups is 1. The Morgan fingerprint density at radius 3 is 2.54 bits per heavy atom. The molecular formula is C25H24F3N3O3S. The first-order valence-electron chi connectivity index (χ1n) is 10.6. The lowest BCUT2D eigenvalue weighted by molar-refractivity contribution is -0.113. The molecule has 1 aliphatic heterocycles. The molecule has 6 nitrogen and oxygen atoms in total. The van der Waals surface area contributed by atoms with Crippen LogP contribution in [0.3, 0.4) is 0 Å². The Bertz CT molecular complexity index is 1380. The summed E-state index contributed by atoms with van der Waals surface area (Å²) in [6.07, 6.45) is 8.45. The van der Waals surface area contributed by atoms with Crippen LogP contribution in [0.4, 0.5) is 18.9 Å². The van der Waals surface area contributed by atoms with Crippen molar-refractivity contribution in [2.75, 3.05) is 4.72 Å². The van der Waals surface area contributed by atoms with Gasteiger partial charge in [-0.25, -0.2) is 26.6 Å². The van der Waals surface area contributed by atoms with Gasteiger partial charge >= 0.3 is 0 Å². The molecule has 35 heavy (non-hydrogen) atoms. The zero-order valence-corrected chi connectivity index (χ0v) is 20.2. The second-order valence-corrected chi connectivity index (χ2v) is 9.57. The van der Waals surface area contributed by atoms with Gasteiger partial charge in [-0.2, -0.15) is 5.10 Å². The molecule has 1 aliphatic carbocycles. The number of hydrogen-bond acceptors (Lipinski definition) is 5. The minimum atomic E-state index is -4.40. The number of nitrogens with zero attached hydrogens (tertiary/aromatic N) is 2. The highest BCUT2D eigenvalue weighted by Gasteiger charge is 2.26. The number of Topliss-reactive ketones (excluding diaryl/α,β-unsaturated/α-hetero) is 1. The van der Waals surface area contributed by atoms with Gasteiger partial charge in [-0.1, -0.05) is 18.2 Å². The van der Waals surface area contributed by atoms with Crippen molar-refractivity contribution in [3.63, 3.8) is 0 Å². The number of benzene rings is 1. The quantitative estimate of drug-likeness (QED) is 0.500. The SMILES string of the molecule is C=CN1N=C(c2c(F)ccc(NS(=O)(=O)C3=C(\C)CCC=C/C(F)=C\3)c2F)C=C/C1=C(/C)C(C)=O. The number of carbonyl (C=O) groups excluding carboxylic acids is 1. The number of nitrogens with one attached hydrogen (secondary N) is 1. The van der Waals surface area contributed by atoms with E-state index >= 15 is 4.39 Å². The highest BCUT2D eigenvalue weighted by Crippen LogP contribution is 2.30. The predicted molar refractivity (Wildman–Crippen MR) is 130 cm³/mol. The Morgan fingerprint density at radius 2 is 1.89 bits per heavy atom. The second kappa shape index (κ2) is 10.3. The van der Waals surface area contributed by atoms with E-state index in [9.17, 15) is 22.0 Å². The van der Waals surface area contributed by atoms with Crippen LogP contribution in [0.5, 0.6) is 0 Å². The number of rotatable bonds is 6. The summed E-state index contributed by atoms with van der Waals surface area (Å²) in [4.78, 5) is 11.4. The fraction of sp³-hybridized carbons (Fsp3) is 0.200. The first-order chi connectivity index (χ1) is 16.5. The summed E-state index contributed by atoms with van der Waals surface area (Å²) >= 11 is 0. The van der Waals surface area contributed by atoms with E-state index in [1.165, 1.54) is 30.3 Å². The monoisotopic (exact) mass is 503 g/mol.